The van der Waals surface area contributed by atoms with E-state index < -0.39 is 0 Å². The maximum Gasteiger partial charge on any atom is 0.212 e. The second-order valence-corrected chi connectivity index (χ2v) is 3.94. The summed E-state index contributed by atoms with van der Waals surface area (Å²) in [6.45, 7) is 1.67. The standard InChI is InChI=1S/C13H13N5.BrH/c1-2-4-12-11(3-1)10(5-6-14-12)9-17-18-13-15-7-8-16-13;/h1-6,9H,7-8H2,(H2,15,16,18);1H/b17-9-;. The van der Waals surface area contributed by atoms with E-state index in [2.05, 4.69) is 25.8 Å². The molecular weight excluding hydrogens is 306 g/mol. The molecule has 1 aliphatic rings. The molecule has 0 unspecified atom stereocenters. The molecule has 5 nitrogen and oxygen atoms in total. The number of rotatable bonds is 2. The van der Waals surface area contributed by atoms with Gasteiger partial charge in [0.15, 0.2) is 0 Å². The summed E-state index contributed by atoms with van der Waals surface area (Å²) < 4.78 is 0. The molecule has 2 aromatic rings. The highest BCUT2D eigenvalue weighted by atomic mass is 79.9. The fourth-order valence-corrected chi connectivity index (χ4v) is 1.87. The van der Waals surface area contributed by atoms with Gasteiger partial charge in [0.05, 0.1) is 18.3 Å². The first-order valence-electron chi connectivity index (χ1n) is 5.85. The average Bonchev–Trinajstić information content (AvgIpc) is 2.92. The van der Waals surface area contributed by atoms with Crippen LogP contribution in [0.1, 0.15) is 5.56 Å². The lowest BCUT2D eigenvalue weighted by molar-refractivity contribution is 0.920. The monoisotopic (exact) mass is 319 g/mol. The number of fused-ring (bicyclic) bond motifs is 1. The van der Waals surface area contributed by atoms with E-state index in [1.165, 1.54) is 0 Å². The van der Waals surface area contributed by atoms with Gasteiger partial charge in [-0.1, -0.05) is 18.2 Å². The first kappa shape index (κ1) is 13.5. The molecule has 0 spiro atoms. The minimum atomic E-state index is 0. The van der Waals surface area contributed by atoms with Crippen LogP contribution in [0.2, 0.25) is 0 Å². The number of aromatic nitrogens is 1. The number of hydrazone groups is 1. The molecule has 98 valence electrons. The fraction of sp³-hybridized carbons (Fsp3) is 0.154. The van der Waals surface area contributed by atoms with Gasteiger partial charge in [0.2, 0.25) is 5.96 Å². The van der Waals surface area contributed by atoms with Crippen molar-refractivity contribution >= 4 is 40.1 Å². The molecule has 0 radical (unpaired) electrons. The summed E-state index contributed by atoms with van der Waals surface area (Å²) in [5.74, 6) is 0.726. The van der Waals surface area contributed by atoms with Gasteiger partial charge in [0.25, 0.3) is 0 Å². The first-order valence-corrected chi connectivity index (χ1v) is 5.85. The van der Waals surface area contributed by atoms with Crippen LogP contribution in [-0.4, -0.2) is 30.2 Å². The summed E-state index contributed by atoms with van der Waals surface area (Å²) in [5, 5.41) is 8.36. The van der Waals surface area contributed by atoms with Crippen molar-refractivity contribution in [3.63, 3.8) is 0 Å². The predicted octanol–water partition coefficient (Wildman–Crippen LogP) is 1.70. The quantitative estimate of drug-likeness (QED) is 0.654. The summed E-state index contributed by atoms with van der Waals surface area (Å²) in [6, 6.07) is 9.94. The molecule has 6 heteroatoms. The van der Waals surface area contributed by atoms with E-state index in [1.54, 1.807) is 12.4 Å². The zero-order valence-corrected chi connectivity index (χ0v) is 11.9. The highest BCUT2D eigenvalue weighted by molar-refractivity contribution is 8.93. The first-order chi connectivity index (χ1) is 8.93. The van der Waals surface area contributed by atoms with Crippen molar-refractivity contribution in [1.29, 1.82) is 0 Å². The summed E-state index contributed by atoms with van der Waals surface area (Å²) >= 11 is 0. The molecule has 0 fully saturated rings. The molecule has 3 rings (SSSR count). The van der Waals surface area contributed by atoms with Gasteiger partial charge < -0.3 is 5.32 Å². The molecule has 19 heavy (non-hydrogen) atoms. The molecule has 0 bridgehead atoms. The number of hydrogen-bond donors (Lipinski definition) is 2. The van der Waals surface area contributed by atoms with Crippen LogP contribution in [0.25, 0.3) is 10.9 Å². The second-order valence-electron chi connectivity index (χ2n) is 3.94. The Bertz CT molecular complexity index is 618. The molecule has 0 saturated carbocycles. The zero-order chi connectivity index (χ0) is 12.2. The van der Waals surface area contributed by atoms with Crippen molar-refractivity contribution in [2.75, 3.05) is 13.1 Å². The van der Waals surface area contributed by atoms with Crippen molar-refractivity contribution in [3.8, 4) is 0 Å². The van der Waals surface area contributed by atoms with Gasteiger partial charge in [-0.15, -0.1) is 17.0 Å². The maximum absolute atomic E-state index is 4.31. The van der Waals surface area contributed by atoms with Gasteiger partial charge in [-0.2, -0.15) is 5.10 Å². The van der Waals surface area contributed by atoms with E-state index in [-0.39, 0.29) is 17.0 Å². The molecular formula is C13H14BrN5. The number of guanidine groups is 1. The Labute approximate surface area is 121 Å². The number of aliphatic imine (C=N–C) groups is 1. The number of nitrogens with zero attached hydrogens (tertiary/aromatic N) is 3. The van der Waals surface area contributed by atoms with Crippen LogP contribution in [0.4, 0.5) is 0 Å². The normalized spacial score (nSPS) is 14.0. The number of halogens is 1. The average molecular weight is 320 g/mol. The van der Waals surface area contributed by atoms with E-state index in [9.17, 15) is 0 Å². The van der Waals surface area contributed by atoms with Crippen molar-refractivity contribution in [1.82, 2.24) is 15.7 Å². The van der Waals surface area contributed by atoms with E-state index in [4.69, 9.17) is 0 Å². The van der Waals surface area contributed by atoms with Crippen LogP contribution in [-0.2, 0) is 0 Å². The van der Waals surface area contributed by atoms with E-state index in [1.807, 2.05) is 30.3 Å². The minimum absolute atomic E-state index is 0. The maximum atomic E-state index is 4.31. The molecule has 0 atom stereocenters. The topological polar surface area (TPSA) is 61.7 Å². The number of benzene rings is 1. The van der Waals surface area contributed by atoms with Crippen LogP contribution < -0.4 is 10.7 Å². The largest absolute Gasteiger partial charge is 0.353 e. The van der Waals surface area contributed by atoms with Gasteiger partial charge in [-0.3, -0.25) is 4.98 Å². The van der Waals surface area contributed by atoms with Gasteiger partial charge in [-0.05, 0) is 12.1 Å². The van der Waals surface area contributed by atoms with Crippen LogP contribution >= 0.6 is 17.0 Å². The Morgan fingerprint density at radius 3 is 3.00 bits per heavy atom. The highest BCUT2D eigenvalue weighted by Crippen LogP contribution is 2.13. The Morgan fingerprint density at radius 1 is 1.26 bits per heavy atom. The minimum Gasteiger partial charge on any atom is -0.353 e. The molecule has 0 saturated heterocycles. The highest BCUT2D eigenvalue weighted by Gasteiger charge is 2.02. The number of nitrogens with one attached hydrogen (secondary N) is 2. The summed E-state index contributed by atoms with van der Waals surface area (Å²) in [7, 11) is 0. The van der Waals surface area contributed by atoms with Crippen LogP contribution in [0.5, 0.6) is 0 Å². The molecule has 2 heterocycles. The molecule has 2 N–H and O–H groups in total. The molecule has 0 amide bonds. The second kappa shape index (κ2) is 6.29. The molecule has 1 aromatic carbocycles. The Kier molecular flexibility index (Phi) is 4.46. The molecule has 0 aliphatic carbocycles. The summed E-state index contributed by atoms with van der Waals surface area (Å²) in [4.78, 5) is 8.51. The van der Waals surface area contributed by atoms with E-state index >= 15 is 0 Å². The lowest BCUT2D eigenvalue weighted by Gasteiger charge is -2.01. The molecule has 1 aromatic heterocycles. The van der Waals surface area contributed by atoms with Gasteiger partial charge in [-0.25, -0.2) is 10.4 Å². The third-order valence-corrected chi connectivity index (χ3v) is 2.73. The van der Waals surface area contributed by atoms with Gasteiger partial charge in [0, 0.05) is 23.7 Å². The van der Waals surface area contributed by atoms with Crippen molar-refractivity contribution in [3.05, 3.63) is 42.1 Å². The van der Waals surface area contributed by atoms with E-state index in [0.717, 1.165) is 35.5 Å². The Balaban J connectivity index is 0.00000133. The van der Waals surface area contributed by atoms with Crippen LogP contribution in [0.3, 0.4) is 0 Å². The smallest absolute Gasteiger partial charge is 0.212 e. The lowest BCUT2D eigenvalue weighted by atomic mass is 10.1. The fourth-order valence-electron chi connectivity index (χ4n) is 1.87. The van der Waals surface area contributed by atoms with Crippen molar-refractivity contribution < 1.29 is 0 Å². The SMILES string of the molecule is Br.C(=N/NC1=NCCN1)/c1ccnc2ccccc12. The van der Waals surface area contributed by atoms with Gasteiger partial charge >= 0.3 is 0 Å². The number of para-hydroxylation sites is 1. The zero-order valence-electron chi connectivity index (χ0n) is 10.2. The Hall–Kier alpha value is -1.95. The van der Waals surface area contributed by atoms with Crippen molar-refractivity contribution in [2.24, 2.45) is 10.1 Å². The van der Waals surface area contributed by atoms with E-state index in [0.29, 0.717) is 0 Å². The predicted molar refractivity (Wildman–Crippen MR) is 83.1 cm³/mol. The number of hydrogen-bond acceptors (Lipinski definition) is 5. The van der Waals surface area contributed by atoms with Gasteiger partial charge in [0.1, 0.15) is 0 Å². The van der Waals surface area contributed by atoms with Crippen LogP contribution in [0, 0.1) is 0 Å². The lowest BCUT2D eigenvalue weighted by Crippen LogP contribution is -2.30. The molecule has 1 aliphatic heterocycles. The third kappa shape index (κ3) is 3.08. The third-order valence-electron chi connectivity index (χ3n) is 2.73. The van der Waals surface area contributed by atoms with Crippen LogP contribution in [0.15, 0.2) is 46.6 Å². The summed E-state index contributed by atoms with van der Waals surface area (Å²) in [6.07, 6.45) is 3.57. The number of pyridine rings is 1. The summed E-state index contributed by atoms with van der Waals surface area (Å²) in [5.41, 5.74) is 4.89. The Morgan fingerprint density at radius 2 is 2.16 bits per heavy atom. The van der Waals surface area contributed by atoms with Crippen molar-refractivity contribution in [2.45, 2.75) is 0 Å².